The summed E-state index contributed by atoms with van der Waals surface area (Å²) < 4.78 is 15.8. The van der Waals surface area contributed by atoms with Crippen molar-refractivity contribution in [1.82, 2.24) is 24.4 Å². The molecule has 0 saturated carbocycles. The minimum Gasteiger partial charge on any atom is -0.368 e. The first-order valence-electron chi connectivity index (χ1n) is 10.9. The molecule has 1 atom stereocenters. The number of imidazole rings is 1. The van der Waals surface area contributed by atoms with Crippen LogP contribution in [0.4, 0.5) is 10.3 Å². The molecule has 2 aromatic heterocycles. The monoisotopic (exact) mass is 428 g/mol. The van der Waals surface area contributed by atoms with E-state index in [0.29, 0.717) is 5.69 Å². The summed E-state index contributed by atoms with van der Waals surface area (Å²) in [6.07, 6.45) is 6.99. The molecule has 5 rings (SSSR count). The van der Waals surface area contributed by atoms with E-state index in [1.807, 2.05) is 18.5 Å². The maximum absolute atomic E-state index is 13.6. The van der Waals surface area contributed by atoms with Crippen LogP contribution in [0.5, 0.6) is 0 Å². The first-order valence-corrected chi connectivity index (χ1v) is 10.9. The topological polar surface area (TPSA) is 72.9 Å². The van der Waals surface area contributed by atoms with Crippen LogP contribution < -0.4 is 5.73 Å². The Labute approximate surface area is 186 Å². The van der Waals surface area contributed by atoms with Crippen molar-refractivity contribution in [1.29, 1.82) is 0 Å². The molecule has 0 spiro atoms. The van der Waals surface area contributed by atoms with E-state index in [2.05, 4.69) is 43.7 Å². The van der Waals surface area contributed by atoms with Crippen LogP contribution in [-0.2, 0) is 6.54 Å². The van der Waals surface area contributed by atoms with Gasteiger partial charge in [-0.2, -0.15) is 0 Å². The summed E-state index contributed by atoms with van der Waals surface area (Å²) in [7, 11) is 0. The predicted octanol–water partition coefficient (Wildman–Crippen LogP) is 4.91. The molecule has 1 aliphatic rings. The van der Waals surface area contributed by atoms with Gasteiger partial charge in [0.15, 0.2) is 0 Å². The van der Waals surface area contributed by atoms with Crippen LogP contribution >= 0.6 is 0 Å². The van der Waals surface area contributed by atoms with Gasteiger partial charge < -0.3 is 10.3 Å². The van der Waals surface area contributed by atoms with Gasteiger partial charge in [0.05, 0.1) is 29.6 Å². The molecule has 162 valence electrons. The quantitative estimate of drug-likeness (QED) is 0.489. The third-order valence-corrected chi connectivity index (χ3v) is 5.96. The van der Waals surface area contributed by atoms with Crippen LogP contribution in [0.3, 0.4) is 0 Å². The van der Waals surface area contributed by atoms with Crippen molar-refractivity contribution in [2.75, 3.05) is 12.3 Å². The Kier molecular flexibility index (Phi) is 5.64. The van der Waals surface area contributed by atoms with Gasteiger partial charge in [-0.15, -0.1) is 0 Å². The summed E-state index contributed by atoms with van der Waals surface area (Å²) >= 11 is 0. The van der Waals surface area contributed by atoms with Gasteiger partial charge in [0.1, 0.15) is 5.82 Å². The number of likely N-dealkylation sites (tertiary alicyclic amines) is 1. The standard InChI is InChI=1S/C25H25FN6/c26-20-11-9-19(10-12-20)23-24(21-13-14-28-25(27)30-21)32(17-29-23)22-8-4-5-15-31(22)16-18-6-2-1-3-7-18/h1-3,6-7,9-14,17,22H,4-5,8,15-16H2,(H2,27,28,30). The van der Waals surface area contributed by atoms with E-state index in [1.165, 1.54) is 24.1 Å². The van der Waals surface area contributed by atoms with E-state index in [0.717, 1.165) is 42.9 Å². The minimum atomic E-state index is -0.276. The molecule has 0 amide bonds. The second-order valence-electron chi connectivity index (χ2n) is 8.09. The zero-order chi connectivity index (χ0) is 21.9. The molecule has 1 saturated heterocycles. The molecular weight excluding hydrogens is 403 g/mol. The Morgan fingerprint density at radius 2 is 1.78 bits per heavy atom. The maximum atomic E-state index is 13.6. The number of nitrogen functional groups attached to an aromatic ring is 1. The Morgan fingerprint density at radius 3 is 2.56 bits per heavy atom. The van der Waals surface area contributed by atoms with Crippen molar-refractivity contribution < 1.29 is 4.39 Å². The fraction of sp³-hybridized carbons (Fsp3) is 0.240. The van der Waals surface area contributed by atoms with Crippen molar-refractivity contribution in [2.24, 2.45) is 0 Å². The lowest BCUT2D eigenvalue weighted by molar-refractivity contribution is 0.0886. The number of benzene rings is 2. The van der Waals surface area contributed by atoms with E-state index in [4.69, 9.17) is 10.7 Å². The molecule has 6 nitrogen and oxygen atoms in total. The zero-order valence-corrected chi connectivity index (χ0v) is 17.7. The van der Waals surface area contributed by atoms with Gasteiger partial charge in [-0.05, 0) is 55.2 Å². The van der Waals surface area contributed by atoms with Gasteiger partial charge in [0, 0.05) is 24.8 Å². The Hall–Kier alpha value is -3.58. The minimum absolute atomic E-state index is 0.136. The van der Waals surface area contributed by atoms with E-state index in [-0.39, 0.29) is 17.9 Å². The van der Waals surface area contributed by atoms with E-state index >= 15 is 0 Å². The highest BCUT2D eigenvalue weighted by molar-refractivity contribution is 5.77. The molecule has 1 unspecified atom stereocenters. The van der Waals surface area contributed by atoms with Gasteiger partial charge >= 0.3 is 0 Å². The Morgan fingerprint density at radius 1 is 0.969 bits per heavy atom. The highest BCUT2D eigenvalue weighted by Crippen LogP contribution is 2.37. The number of rotatable bonds is 5. The molecule has 1 aliphatic heterocycles. The number of piperidine rings is 1. The number of nitrogens with two attached hydrogens (primary N) is 1. The zero-order valence-electron chi connectivity index (χ0n) is 17.7. The number of halogens is 1. The van der Waals surface area contributed by atoms with Crippen molar-refractivity contribution in [3.05, 3.63) is 84.6 Å². The molecule has 2 N–H and O–H groups in total. The van der Waals surface area contributed by atoms with Crippen LogP contribution in [0.25, 0.3) is 22.6 Å². The Bertz CT molecular complexity index is 1190. The number of nitrogens with zero attached hydrogens (tertiary/aromatic N) is 5. The molecular formula is C25H25FN6. The first-order chi connectivity index (χ1) is 15.7. The summed E-state index contributed by atoms with van der Waals surface area (Å²) in [5.41, 5.74) is 10.4. The fourth-order valence-corrected chi connectivity index (χ4v) is 4.46. The molecule has 1 fully saturated rings. The highest BCUT2D eigenvalue weighted by Gasteiger charge is 2.28. The van der Waals surface area contributed by atoms with Crippen LogP contribution in [0, 0.1) is 5.82 Å². The lowest BCUT2D eigenvalue weighted by Crippen LogP contribution is -2.36. The van der Waals surface area contributed by atoms with Gasteiger partial charge in [0.25, 0.3) is 0 Å². The van der Waals surface area contributed by atoms with Crippen molar-refractivity contribution >= 4 is 5.95 Å². The SMILES string of the molecule is Nc1nccc(-c2c(-c3ccc(F)cc3)ncn2C2CCCCN2Cc2ccccc2)n1. The van der Waals surface area contributed by atoms with Gasteiger partial charge in [0.2, 0.25) is 5.95 Å². The molecule has 0 radical (unpaired) electrons. The second-order valence-corrected chi connectivity index (χ2v) is 8.09. The molecule has 0 aliphatic carbocycles. The van der Waals surface area contributed by atoms with E-state index in [9.17, 15) is 4.39 Å². The summed E-state index contributed by atoms with van der Waals surface area (Å²) in [6, 6.07) is 18.8. The summed E-state index contributed by atoms with van der Waals surface area (Å²) in [4.78, 5) is 15.8. The van der Waals surface area contributed by atoms with Gasteiger partial charge in [-0.25, -0.2) is 19.3 Å². The third kappa shape index (κ3) is 4.11. The lowest BCUT2D eigenvalue weighted by Gasteiger charge is -2.37. The third-order valence-electron chi connectivity index (χ3n) is 5.96. The van der Waals surface area contributed by atoms with Crippen LogP contribution in [0.15, 0.2) is 73.2 Å². The number of hydrogen-bond donors (Lipinski definition) is 1. The predicted molar refractivity (Wildman–Crippen MR) is 123 cm³/mol. The average molecular weight is 429 g/mol. The van der Waals surface area contributed by atoms with Gasteiger partial charge in [-0.3, -0.25) is 4.90 Å². The molecule has 4 aromatic rings. The van der Waals surface area contributed by atoms with Crippen molar-refractivity contribution in [3.63, 3.8) is 0 Å². The van der Waals surface area contributed by atoms with Crippen LogP contribution in [0.2, 0.25) is 0 Å². The summed E-state index contributed by atoms with van der Waals surface area (Å²) in [5, 5.41) is 0. The maximum Gasteiger partial charge on any atom is 0.220 e. The molecule has 3 heterocycles. The first kappa shape index (κ1) is 20.3. The highest BCUT2D eigenvalue weighted by atomic mass is 19.1. The van der Waals surface area contributed by atoms with E-state index < -0.39 is 0 Å². The fourth-order valence-electron chi connectivity index (χ4n) is 4.46. The number of anilines is 1. The van der Waals surface area contributed by atoms with E-state index in [1.54, 1.807) is 18.3 Å². The van der Waals surface area contributed by atoms with Crippen molar-refractivity contribution in [2.45, 2.75) is 32.0 Å². The number of aromatic nitrogens is 4. The molecule has 7 heteroatoms. The summed E-state index contributed by atoms with van der Waals surface area (Å²) in [6.45, 7) is 1.87. The normalized spacial score (nSPS) is 16.8. The average Bonchev–Trinajstić information content (AvgIpc) is 3.26. The molecule has 32 heavy (non-hydrogen) atoms. The Balaban J connectivity index is 1.60. The van der Waals surface area contributed by atoms with Crippen LogP contribution in [0.1, 0.15) is 31.0 Å². The summed E-state index contributed by atoms with van der Waals surface area (Å²) in [5.74, 6) is -0.0626. The molecule has 2 aromatic carbocycles. The van der Waals surface area contributed by atoms with Gasteiger partial charge in [-0.1, -0.05) is 30.3 Å². The van der Waals surface area contributed by atoms with Crippen molar-refractivity contribution in [3.8, 4) is 22.6 Å². The lowest BCUT2D eigenvalue weighted by atomic mass is 10.0. The number of hydrogen-bond acceptors (Lipinski definition) is 5. The largest absolute Gasteiger partial charge is 0.368 e. The molecule has 0 bridgehead atoms. The second kappa shape index (κ2) is 8.88. The smallest absolute Gasteiger partial charge is 0.220 e. The van der Waals surface area contributed by atoms with Crippen LogP contribution in [-0.4, -0.2) is 31.0 Å².